The standard InChI is InChI=1S/C13H19NO4S2/c1-18-10-5-9-19-12(10)20(16,17)14-8-4-11(15)13(14)6-2-3-7-13/h5,9,11,15H,2-4,6-8H2,1H3. The summed E-state index contributed by atoms with van der Waals surface area (Å²) in [6.45, 7) is 0.393. The van der Waals surface area contributed by atoms with Gasteiger partial charge in [-0.3, -0.25) is 0 Å². The number of hydrogen-bond donors (Lipinski definition) is 1. The summed E-state index contributed by atoms with van der Waals surface area (Å²) in [5, 5.41) is 12.0. The normalized spacial score (nSPS) is 26.4. The quantitative estimate of drug-likeness (QED) is 0.923. The van der Waals surface area contributed by atoms with Crippen molar-refractivity contribution < 1.29 is 18.3 Å². The Kier molecular flexibility index (Phi) is 3.56. The van der Waals surface area contributed by atoms with Crippen LogP contribution in [0.5, 0.6) is 5.75 Å². The number of sulfonamides is 1. The number of nitrogens with zero attached hydrogens (tertiary/aromatic N) is 1. The molecule has 3 rings (SSSR count). The average molecular weight is 317 g/mol. The van der Waals surface area contributed by atoms with E-state index in [1.165, 1.54) is 22.8 Å². The van der Waals surface area contributed by atoms with E-state index in [2.05, 4.69) is 0 Å². The Balaban J connectivity index is 2.03. The number of methoxy groups -OCH3 is 1. The highest BCUT2D eigenvalue weighted by Crippen LogP contribution is 2.47. The van der Waals surface area contributed by atoms with Crippen LogP contribution in [0.3, 0.4) is 0 Å². The van der Waals surface area contributed by atoms with Crippen LogP contribution < -0.4 is 4.74 Å². The number of aliphatic hydroxyl groups is 1. The van der Waals surface area contributed by atoms with Crippen molar-refractivity contribution in [2.75, 3.05) is 13.7 Å². The second-order valence-electron chi connectivity index (χ2n) is 5.47. The molecule has 1 spiro atoms. The van der Waals surface area contributed by atoms with Crippen molar-refractivity contribution in [1.82, 2.24) is 4.31 Å². The van der Waals surface area contributed by atoms with Crippen molar-refractivity contribution in [3.05, 3.63) is 11.4 Å². The largest absolute Gasteiger partial charge is 0.494 e. The SMILES string of the molecule is COc1ccsc1S(=O)(=O)N1CCC(O)C12CCCC2. The van der Waals surface area contributed by atoms with Gasteiger partial charge in [0.1, 0.15) is 5.75 Å². The summed E-state index contributed by atoms with van der Waals surface area (Å²) >= 11 is 1.18. The lowest BCUT2D eigenvalue weighted by Crippen LogP contribution is -2.50. The Labute approximate surface area is 123 Å². The molecule has 1 unspecified atom stereocenters. The van der Waals surface area contributed by atoms with Crippen LogP contribution in [0, 0.1) is 0 Å². The maximum Gasteiger partial charge on any atom is 0.256 e. The molecule has 5 nitrogen and oxygen atoms in total. The van der Waals surface area contributed by atoms with Gasteiger partial charge in [-0.25, -0.2) is 8.42 Å². The lowest BCUT2D eigenvalue weighted by Gasteiger charge is -2.36. The molecule has 0 bridgehead atoms. The zero-order valence-electron chi connectivity index (χ0n) is 11.4. The minimum Gasteiger partial charge on any atom is -0.494 e. The fourth-order valence-electron chi connectivity index (χ4n) is 3.55. The third-order valence-electron chi connectivity index (χ3n) is 4.53. The van der Waals surface area contributed by atoms with E-state index in [0.29, 0.717) is 18.7 Å². The molecule has 1 N–H and O–H groups in total. The van der Waals surface area contributed by atoms with Crippen molar-refractivity contribution in [1.29, 1.82) is 0 Å². The summed E-state index contributed by atoms with van der Waals surface area (Å²) in [5.74, 6) is 0.393. The monoisotopic (exact) mass is 317 g/mol. The lowest BCUT2D eigenvalue weighted by molar-refractivity contribution is 0.0688. The second-order valence-corrected chi connectivity index (χ2v) is 8.44. The van der Waals surface area contributed by atoms with Gasteiger partial charge in [-0.2, -0.15) is 4.31 Å². The van der Waals surface area contributed by atoms with Gasteiger partial charge in [0.25, 0.3) is 10.0 Å². The molecule has 1 aliphatic heterocycles. The van der Waals surface area contributed by atoms with E-state index in [1.54, 1.807) is 11.4 Å². The van der Waals surface area contributed by atoms with Crippen LogP contribution in [0.2, 0.25) is 0 Å². The highest BCUT2D eigenvalue weighted by molar-refractivity contribution is 7.91. The van der Waals surface area contributed by atoms with Gasteiger partial charge in [0.05, 0.1) is 18.8 Å². The van der Waals surface area contributed by atoms with Crippen LogP contribution in [0.4, 0.5) is 0 Å². The summed E-state index contributed by atoms with van der Waals surface area (Å²) in [6.07, 6.45) is 3.43. The molecule has 1 aromatic rings. The Bertz CT molecular complexity index is 589. The first-order valence-corrected chi connectivity index (χ1v) is 9.17. The number of ether oxygens (including phenoxy) is 1. The summed E-state index contributed by atoms with van der Waals surface area (Å²) in [6, 6.07) is 1.67. The van der Waals surface area contributed by atoms with Crippen LogP contribution in [0.25, 0.3) is 0 Å². The van der Waals surface area contributed by atoms with Gasteiger partial charge in [0.2, 0.25) is 0 Å². The van der Waals surface area contributed by atoms with Crippen LogP contribution in [0.1, 0.15) is 32.1 Å². The highest BCUT2D eigenvalue weighted by atomic mass is 32.2. The average Bonchev–Trinajstić information content (AvgIpc) is 3.13. The van der Waals surface area contributed by atoms with Crippen molar-refractivity contribution in [2.45, 2.75) is 48.0 Å². The zero-order chi connectivity index (χ0) is 14.4. The molecular weight excluding hydrogens is 298 g/mol. The third-order valence-corrected chi connectivity index (χ3v) is 7.94. The summed E-state index contributed by atoms with van der Waals surface area (Å²) < 4.78 is 32.8. The van der Waals surface area contributed by atoms with Crippen LogP contribution >= 0.6 is 11.3 Å². The second kappa shape index (κ2) is 4.98. The predicted molar refractivity (Wildman–Crippen MR) is 76.6 cm³/mol. The Morgan fingerprint density at radius 3 is 2.80 bits per heavy atom. The van der Waals surface area contributed by atoms with E-state index in [0.717, 1.165) is 25.7 Å². The van der Waals surface area contributed by atoms with E-state index in [9.17, 15) is 13.5 Å². The first kappa shape index (κ1) is 14.3. The molecule has 2 aliphatic rings. The fraction of sp³-hybridized carbons (Fsp3) is 0.692. The van der Waals surface area contributed by atoms with Crippen molar-refractivity contribution >= 4 is 21.4 Å². The smallest absolute Gasteiger partial charge is 0.256 e. The topological polar surface area (TPSA) is 66.8 Å². The lowest BCUT2D eigenvalue weighted by atomic mass is 9.93. The first-order chi connectivity index (χ1) is 9.52. The van der Waals surface area contributed by atoms with Crippen LogP contribution in [-0.2, 0) is 10.0 Å². The van der Waals surface area contributed by atoms with Crippen molar-refractivity contribution in [3.8, 4) is 5.75 Å². The molecule has 1 aromatic heterocycles. The minimum atomic E-state index is -3.60. The van der Waals surface area contributed by atoms with Gasteiger partial charge in [-0.05, 0) is 30.7 Å². The molecule has 0 radical (unpaired) electrons. The van der Waals surface area contributed by atoms with E-state index in [4.69, 9.17) is 4.74 Å². The maximum absolute atomic E-state index is 12.9. The fourth-order valence-corrected chi connectivity index (χ4v) is 6.79. The number of aliphatic hydroxyl groups excluding tert-OH is 1. The summed E-state index contributed by atoms with van der Waals surface area (Å²) in [5.41, 5.74) is -0.589. The summed E-state index contributed by atoms with van der Waals surface area (Å²) in [4.78, 5) is 0. The molecule has 2 heterocycles. The highest BCUT2D eigenvalue weighted by Gasteiger charge is 2.55. The van der Waals surface area contributed by atoms with E-state index >= 15 is 0 Å². The molecule has 0 aromatic carbocycles. The minimum absolute atomic E-state index is 0.250. The summed E-state index contributed by atoms with van der Waals surface area (Å²) in [7, 11) is -2.12. The Morgan fingerprint density at radius 2 is 2.15 bits per heavy atom. The van der Waals surface area contributed by atoms with Crippen molar-refractivity contribution in [2.24, 2.45) is 0 Å². The van der Waals surface area contributed by atoms with E-state index in [1.807, 2.05) is 0 Å². The number of hydrogen-bond acceptors (Lipinski definition) is 5. The molecule has 1 saturated heterocycles. The van der Waals surface area contributed by atoms with Gasteiger partial charge >= 0.3 is 0 Å². The predicted octanol–water partition coefficient (Wildman–Crippen LogP) is 1.82. The molecule has 1 aliphatic carbocycles. The first-order valence-electron chi connectivity index (χ1n) is 6.85. The molecule has 1 atom stereocenters. The van der Waals surface area contributed by atoms with Gasteiger partial charge in [-0.15, -0.1) is 11.3 Å². The molecule has 0 amide bonds. The molecule has 7 heteroatoms. The van der Waals surface area contributed by atoms with Gasteiger partial charge in [-0.1, -0.05) is 12.8 Å². The molecule has 2 fully saturated rings. The number of thiophene rings is 1. The molecule has 1 saturated carbocycles. The van der Waals surface area contributed by atoms with Gasteiger partial charge in [0, 0.05) is 6.54 Å². The third kappa shape index (κ3) is 1.91. The van der Waals surface area contributed by atoms with Crippen LogP contribution in [0.15, 0.2) is 15.7 Å². The zero-order valence-corrected chi connectivity index (χ0v) is 13.0. The Hall–Kier alpha value is -0.630. The van der Waals surface area contributed by atoms with Gasteiger partial charge in [0.15, 0.2) is 4.21 Å². The van der Waals surface area contributed by atoms with E-state index in [-0.39, 0.29) is 4.21 Å². The Morgan fingerprint density at radius 1 is 1.45 bits per heavy atom. The molecule has 112 valence electrons. The maximum atomic E-state index is 12.9. The van der Waals surface area contributed by atoms with E-state index < -0.39 is 21.7 Å². The molecular formula is C13H19NO4S2. The molecule has 20 heavy (non-hydrogen) atoms. The van der Waals surface area contributed by atoms with Crippen LogP contribution in [-0.4, -0.2) is 43.1 Å². The van der Waals surface area contributed by atoms with Crippen molar-refractivity contribution in [3.63, 3.8) is 0 Å². The number of rotatable bonds is 3. The van der Waals surface area contributed by atoms with Gasteiger partial charge < -0.3 is 9.84 Å².